The molecule has 1 aromatic carbocycles. The molecule has 2 atom stereocenters. The Labute approximate surface area is 122 Å². The van der Waals surface area contributed by atoms with Crippen LogP contribution in [0.2, 0.25) is 0 Å². The van der Waals surface area contributed by atoms with Gasteiger partial charge in [0.2, 0.25) is 5.91 Å². The second-order valence-electron chi connectivity index (χ2n) is 5.15. The minimum Gasteiger partial charge on any atom is -0.393 e. The van der Waals surface area contributed by atoms with E-state index < -0.39 is 4.92 Å². The quantitative estimate of drug-likeness (QED) is 0.492. The van der Waals surface area contributed by atoms with Crippen LogP contribution in [0.4, 0.5) is 5.69 Å². The lowest BCUT2D eigenvalue weighted by atomic mass is 10.1. The minimum atomic E-state index is -0.480. The molecule has 1 aliphatic carbocycles. The van der Waals surface area contributed by atoms with Crippen LogP contribution in [0, 0.1) is 16.0 Å². The SMILES string of the molecule is O=C(C=Cc1ccccc1[N+](=O)[O-])NCC1CCCC1O. The summed E-state index contributed by atoms with van der Waals surface area (Å²) in [7, 11) is 0. The highest BCUT2D eigenvalue weighted by Gasteiger charge is 2.24. The zero-order valence-corrected chi connectivity index (χ0v) is 11.6. The molecule has 1 fully saturated rings. The van der Waals surface area contributed by atoms with Crippen molar-refractivity contribution >= 4 is 17.7 Å². The summed E-state index contributed by atoms with van der Waals surface area (Å²) < 4.78 is 0. The second kappa shape index (κ2) is 6.99. The second-order valence-corrected chi connectivity index (χ2v) is 5.15. The molecule has 0 radical (unpaired) electrons. The van der Waals surface area contributed by atoms with Gasteiger partial charge in [0.05, 0.1) is 16.6 Å². The number of carbonyl (C=O) groups is 1. The zero-order chi connectivity index (χ0) is 15.2. The van der Waals surface area contributed by atoms with Crippen molar-refractivity contribution in [3.05, 3.63) is 46.0 Å². The van der Waals surface area contributed by atoms with E-state index in [1.807, 2.05) is 0 Å². The Hall–Kier alpha value is -2.21. The van der Waals surface area contributed by atoms with Crippen molar-refractivity contribution in [2.24, 2.45) is 5.92 Å². The molecular weight excluding hydrogens is 272 g/mol. The van der Waals surface area contributed by atoms with Crippen LogP contribution in [0.1, 0.15) is 24.8 Å². The number of carbonyl (C=O) groups excluding carboxylic acids is 1. The highest BCUT2D eigenvalue weighted by atomic mass is 16.6. The van der Waals surface area contributed by atoms with E-state index in [1.165, 1.54) is 18.2 Å². The largest absolute Gasteiger partial charge is 0.393 e. The summed E-state index contributed by atoms with van der Waals surface area (Å²) in [5.74, 6) is -0.208. The summed E-state index contributed by atoms with van der Waals surface area (Å²) in [6, 6.07) is 6.24. The van der Waals surface area contributed by atoms with Crippen molar-refractivity contribution < 1.29 is 14.8 Å². The molecule has 2 N–H and O–H groups in total. The summed E-state index contributed by atoms with van der Waals surface area (Å²) >= 11 is 0. The summed E-state index contributed by atoms with van der Waals surface area (Å²) in [6.45, 7) is 0.432. The Balaban J connectivity index is 1.91. The van der Waals surface area contributed by atoms with Gasteiger partial charge in [0.1, 0.15) is 0 Å². The average molecular weight is 290 g/mol. The number of amides is 1. The number of nitro benzene ring substituents is 1. The van der Waals surface area contributed by atoms with Gasteiger partial charge in [-0.2, -0.15) is 0 Å². The van der Waals surface area contributed by atoms with Crippen molar-refractivity contribution in [2.45, 2.75) is 25.4 Å². The first kappa shape index (κ1) is 15.2. The van der Waals surface area contributed by atoms with Crippen LogP contribution < -0.4 is 5.32 Å². The standard InChI is InChI=1S/C15H18N2O4/c18-14-7-3-5-12(14)10-16-15(19)9-8-11-4-1-2-6-13(11)17(20)21/h1-2,4,6,8-9,12,14,18H,3,5,7,10H2,(H,16,19). The molecule has 0 heterocycles. The van der Waals surface area contributed by atoms with Gasteiger partial charge in [0, 0.05) is 24.6 Å². The van der Waals surface area contributed by atoms with Gasteiger partial charge >= 0.3 is 0 Å². The molecule has 6 nitrogen and oxygen atoms in total. The average Bonchev–Trinajstić information content (AvgIpc) is 2.88. The number of benzene rings is 1. The first-order valence-corrected chi connectivity index (χ1v) is 6.95. The molecule has 1 saturated carbocycles. The molecule has 0 bridgehead atoms. The predicted molar refractivity (Wildman–Crippen MR) is 78.5 cm³/mol. The number of aliphatic hydroxyl groups excluding tert-OH is 1. The molecule has 1 amide bonds. The summed E-state index contributed by atoms with van der Waals surface area (Å²) in [6.07, 6.45) is 5.04. The van der Waals surface area contributed by atoms with Gasteiger partial charge in [0.15, 0.2) is 0 Å². The topological polar surface area (TPSA) is 92.5 Å². The van der Waals surface area contributed by atoms with Crippen molar-refractivity contribution in [1.29, 1.82) is 0 Å². The number of nitro groups is 1. The number of para-hydroxylation sites is 1. The van der Waals surface area contributed by atoms with Gasteiger partial charge in [-0.25, -0.2) is 0 Å². The van der Waals surface area contributed by atoms with Crippen molar-refractivity contribution in [1.82, 2.24) is 5.32 Å². The van der Waals surface area contributed by atoms with E-state index in [0.29, 0.717) is 12.1 Å². The van der Waals surface area contributed by atoms with Gasteiger partial charge in [-0.3, -0.25) is 14.9 Å². The first-order chi connectivity index (χ1) is 10.1. The fourth-order valence-electron chi connectivity index (χ4n) is 2.51. The summed E-state index contributed by atoms with van der Waals surface area (Å²) in [5, 5.41) is 23.2. The van der Waals surface area contributed by atoms with E-state index in [0.717, 1.165) is 19.3 Å². The maximum Gasteiger partial charge on any atom is 0.276 e. The van der Waals surface area contributed by atoms with Crippen LogP contribution in [0.25, 0.3) is 6.08 Å². The smallest absolute Gasteiger partial charge is 0.276 e. The first-order valence-electron chi connectivity index (χ1n) is 6.95. The molecule has 2 unspecified atom stereocenters. The summed E-state index contributed by atoms with van der Waals surface area (Å²) in [4.78, 5) is 22.1. The maximum atomic E-state index is 11.7. The number of rotatable bonds is 5. The normalized spacial score (nSPS) is 21.6. The van der Waals surface area contributed by atoms with Crippen LogP contribution in [-0.2, 0) is 4.79 Å². The van der Waals surface area contributed by atoms with Gasteiger partial charge in [-0.05, 0) is 25.0 Å². The Morgan fingerprint density at radius 3 is 2.86 bits per heavy atom. The molecular formula is C15H18N2O4. The Bertz CT molecular complexity index is 556. The molecule has 0 aromatic heterocycles. The molecule has 112 valence electrons. The fraction of sp³-hybridized carbons (Fsp3) is 0.400. The molecule has 1 aromatic rings. The zero-order valence-electron chi connectivity index (χ0n) is 11.6. The van der Waals surface area contributed by atoms with Gasteiger partial charge in [-0.15, -0.1) is 0 Å². The highest BCUT2D eigenvalue weighted by molar-refractivity contribution is 5.92. The number of nitrogens with one attached hydrogen (secondary N) is 1. The number of hydrogen-bond acceptors (Lipinski definition) is 4. The molecule has 6 heteroatoms. The van der Waals surface area contributed by atoms with Gasteiger partial charge < -0.3 is 10.4 Å². The van der Waals surface area contributed by atoms with E-state index in [2.05, 4.69) is 5.32 Å². The molecule has 0 saturated heterocycles. The maximum absolute atomic E-state index is 11.7. The van der Waals surface area contributed by atoms with E-state index in [1.54, 1.807) is 18.2 Å². The molecule has 1 aliphatic rings. The van der Waals surface area contributed by atoms with Crippen molar-refractivity contribution in [3.8, 4) is 0 Å². The van der Waals surface area contributed by atoms with E-state index in [9.17, 15) is 20.0 Å². The number of aliphatic hydroxyl groups is 1. The molecule has 21 heavy (non-hydrogen) atoms. The predicted octanol–water partition coefficient (Wildman–Crippen LogP) is 1.89. The van der Waals surface area contributed by atoms with Crippen LogP contribution in [0.15, 0.2) is 30.3 Å². The van der Waals surface area contributed by atoms with Crippen molar-refractivity contribution in [2.75, 3.05) is 6.54 Å². The lowest BCUT2D eigenvalue weighted by molar-refractivity contribution is -0.385. The van der Waals surface area contributed by atoms with Crippen LogP contribution in [0.5, 0.6) is 0 Å². The third-order valence-corrected chi connectivity index (χ3v) is 3.71. The van der Waals surface area contributed by atoms with E-state index >= 15 is 0 Å². The molecule has 0 spiro atoms. The monoisotopic (exact) mass is 290 g/mol. The van der Waals surface area contributed by atoms with Crippen LogP contribution in [0.3, 0.4) is 0 Å². The van der Waals surface area contributed by atoms with Crippen molar-refractivity contribution in [3.63, 3.8) is 0 Å². The number of nitrogens with zero attached hydrogens (tertiary/aromatic N) is 1. The number of hydrogen-bond donors (Lipinski definition) is 2. The lowest BCUT2D eigenvalue weighted by Crippen LogP contribution is -2.31. The third-order valence-electron chi connectivity index (χ3n) is 3.71. The fourth-order valence-corrected chi connectivity index (χ4v) is 2.51. The molecule has 2 rings (SSSR count). The Morgan fingerprint density at radius 1 is 1.43 bits per heavy atom. The highest BCUT2D eigenvalue weighted by Crippen LogP contribution is 2.24. The lowest BCUT2D eigenvalue weighted by Gasteiger charge is -2.13. The van der Waals surface area contributed by atoms with Crippen LogP contribution in [-0.4, -0.2) is 28.6 Å². The van der Waals surface area contributed by atoms with E-state index in [-0.39, 0.29) is 23.6 Å². The van der Waals surface area contributed by atoms with E-state index in [4.69, 9.17) is 0 Å². The molecule has 0 aliphatic heterocycles. The summed E-state index contributed by atoms with van der Waals surface area (Å²) in [5.41, 5.74) is 0.353. The van der Waals surface area contributed by atoms with Crippen LogP contribution >= 0.6 is 0 Å². The Morgan fingerprint density at radius 2 is 2.19 bits per heavy atom. The van der Waals surface area contributed by atoms with Gasteiger partial charge in [0.25, 0.3) is 5.69 Å². The Kier molecular flexibility index (Phi) is 5.05. The minimum absolute atomic E-state index is 0.0345. The van der Waals surface area contributed by atoms with Gasteiger partial charge in [-0.1, -0.05) is 18.6 Å². The third kappa shape index (κ3) is 4.13.